The van der Waals surface area contributed by atoms with Gasteiger partial charge < -0.3 is 0 Å². The number of aldehydes is 1. The van der Waals surface area contributed by atoms with Crippen molar-refractivity contribution in [3.05, 3.63) is 91.0 Å². The number of carbonyl (C=O) groups excluding carboxylic acids is 1. The summed E-state index contributed by atoms with van der Waals surface area (Å²) in [4.78, 5) is 11.7. The van der Waals surface area contributed by atoms with E-state index in [2.05, 4.69) is 51.9 Å². The molecule has 23 heavy (non-hydrogen) atoms. The maximum atomic E-state index is 11.7. The summed E-state index contributed by atoms with van der Waals surface area (Å²) in [5.74, 6) is 0. The molecule has 3 rings (SSSR count). The Hall–Kier alpha value is -1.76. The number of benzene rings is 3. The first kappa shape index (κ1) is 16.1. The number of hydrogen-bond donors (Lipinski definition) is 0. The van der Waals surface area contributed by atoms with Gasteiger partial charge in [0.15, 0.2) is 0 Å². The van der Waals surface area contributed by atoms with E-state index in [1.165, 1.54) is 15.9 Å². The molecule has 0 aliphatic heterocycles. The van der Waals surface area contributed by atoms with E-state index in [4.69, 9.17) is 0 Å². The number of hydrogen-bond acceptors (Lipinski definition) is 1. The molecule has 0 saturated carbocycles. The Bertz CT molecular complexity index is 688. The van der Waals surface area contributed by atoms with Crippen molar-refractivity contribution in [3.8, 4) is 0 Å². The molecule has 3 heteroatoms. The molecule has 0 aliphatic carbocycles. The average molecular weight is 385 g/mol. The molecule has 0 atom stereocenters. The van der Waals surface area contributed by atoms with Crippen LogP contribution in [0.15, 0.2) is 91.0 Å². The van der Waals surface area contributed by atoms with Crippen LogP contribution in [0.1, 0.15) is 0 Å². The van der Waals surface area contributed by atoms with Gasteiger partial charge in [0.1, 0.15) is 0 Å². The molecule has 1 nitrogen and oxygen atoms in total. The van der Waals surface area contributed by atoms with E-state index < -0.39 is 5.31 Å². The normalized spacial score (nSPS) is 13.0. The summed E-state index contributed by atoms with van der Waals surface area (Å²) < 4.78 is 0. The molecule has 0 spiro atoms. The van der Waals surface area contributed by atoms with Gasteiger partial charge in [0, 0.05) is 0 Å². The van der Waals surface area contributed by atoms with Crippen LogP contribution in [0.2, 0.25) is 0 Å². The first-order chi connectivity index (χ1) is 11.2. The van der Waals surface area contributed by atoms with Crippen LogP contribution in [-0.4, -0.2) is 12.4 Å². The third-order valence-corrected chi connectivity index (χ3v) is 13.8. The van der Waals surface area contributed by atoms with Gasteiger partial charge in [-0.15, -0.1) is 0 Å². The number of halogens is 1. The zero-order valence-corrected chi connectivity index (χ0v) is 15.2. The quantitative estimate of drug-likeness (QED) is 0.479. The first-order valence-electron chi connectivity index (χ1n) is 7.53. The van der Waals surface area contributed by atoms with Crippen LogP contribution in [0.5, 0.6) is 0 Å². The molecule has 0 aromatic heterocycles. The van der Waals surface area contributed by atoms with Gasteiger partial charge in [-0.05, 0) is 0 Å². The standard InChI is InChI=1S/C20H18BrOP/c21-23(17-16-22,18-10-4-1-5-11-18,19-12-6-2-7-13-19)20-14-8-3-9-15-20/h1-16H,17H2. The Morgan fingerprint density at radius 2 is 0.957 bits per heavy atom. The minimum absolute atomic E-state index is 0.434. The zero-order chi connectivity index (χ0) is 16.2. The van der Waals surface area contributed by atoms with Gasteiger partial charge in [-0.25, -0.2) is 0 Å². The maximum absolute atomic E-state index is 11.7. The van der Waals surface area contributed by atoms with E-state index in [0.29, 0.717) is 6.16 Å². The predicted molar refractivity (Wildman–Crippen MR) is 105 cm³/mol. The van der Waals surface area contributed by atoms with Gasteiger partial charge in [0.05, 0.1) is 0 Å². The van der Waals surface area contributed by atoms with Gasteiger partial charge in [-0.1, -0.05) is 0 Å². The summed E-state index contributed by atoms with van der Waals surface area (Å²) in [6, 6.07) is 31.0. The van der Waals surface area contributed by atoms with Crippen LogP contribution in [0.4, 0.5) is 0 Å². The topological polar surface area (TPSA) is 17.1 Å². The van der Waals surface area contributed by atoms with Crippen LogP contribution >= 0.6 is 20.8 Å². The molecule has 0 N–H and O–H groups in total. The van der Waals surface area contributed by atoms with E-state index >= 15 is 0 Å². The molecular weight excluding hydrogens is 367 g/mol. The van der Waals surface area contributed by atoms with Crippen molar-refractivity contribution < 1.29 is 4.79 Å². The second-order valence-corrected chi connectivity index (χ2v) is 14.5. The van der Waals surface area contributed by atoms with Crippen molar-refractivity contribution in [1.82, 2.24) is 0 Å². The summed E-state index contributed by atoms with van der Waals surface area (Å²) in [7, 11) is 0. The van der Waals surface area contributed by atoms with Crippen LogP contribution in [0.25, 0.3) is 0 Å². The zero-order valence-electron chi connectivity index (χ0n) is 12.7. The summed E-state index contributed by atoms with van der Waals surface area (Å²) in [5.41, 5.74) is 0. The molecule has 0 bridgehead atoms. The summed E-state index contributed by atoms with van der Waals surface area (Å²) in [5, 5.41) is 0.523. The fourth-order valence-corrected chi connectivity index (χ4v) is 9.79. The Kier molecular flexibility index (Phi) is 4.48. The fourth-order valence-electron chi connectivity index (χ4n) is 3.12. The number of carbonyl (C=O) groups is 1. The van der Waals surface area contributed by atoms with E-state index in [1.54, 1.807) is 0 Å². The van der Waals surface area contributed by atoms with Crippen molar-refractivity contribution in [2.24, 2.45) is 0 Å². The van der Waals surface area contributed by atoms with Crippen LogP contribution in [0.3, 0.4) is 0 Å². The molecule has 0 aliphatic rings. The van der Waals surface area contributed by atoms with Gasteiger partial charge in [0.25, 0.3) is 0 Å². The first-order valence-corrected chi connectivity index (χ1v) is 12.0. The van der Waals surface area contributed by atoms with Gasteiger partial charge in [0.2, 0.25) is 0 Å². The van der Waals surface area contributed by atoms with Crippen molar-refractivity contribution >= 4 is 43.0 Å². The van der Waals surface area contributed by atoms with E-state index in [0.717, 1.165) is 6.29 Å². The predicted octanol–water partition coefficient (Wildman–Crippen LogP) is 4.03. The molecule has 0 saturated heterocycles. The second kappa shape index (κ2) is 6.39. The molecule has 116 valence electrons. The third kappa shape index (κ3) is 2.56. The Morgan fingerprint density at radius 3 is 1.22 bits per heavy atom. The van der Waals surface area contributed by atoms with Crippen LogP contribution in [-0.2, 0) is 4.79 Å². The molecule has 3 aromatic rings. The monoisotopic (exact) mass is 384 g/mol. The van der Waals surface area contributed by atoms with Crippen molar-refractivity contribution in [2.75, 3.05) is 6.16 Å². The number of rotatable bonds is 5. The molecular formula is C20H18BrOP. The van der Waals surface area contributed by atoms with E-state index in [-0.39, 0.29) is 0 Å². The fraction of sp³-hybridized carbons (Fsp3) is 0.0500. The second-order valence-electron chi connectivity index (χ2n) is 5.54. The van der Waals surface area contributed by atoms with E-state index in [9.17, 15) is 4.79 Å². The third-order valence-electron chi connectivity index (χ3n) is 4.30. The van der Waals surface area contributed by atoms with Crippen molar-refractivity contribution in [1.29, 1.82) is 0 Å². The molecule has 0 unspecified atom stereocenters. The Labute approximate surface area is 145 Å². The van der Waals surface area contributed by atoms with E-state index in [1.807, 2.05) is 54.6 Å². The summed E-state index contributed by atoms with van der Waals surface area (Å²) in [6.07, 6.45) is 1.48. The minimum atomic E-state index is -2.99. The molecule has 0 heterocycles. The van der Waals surface area contributed by atoms with Crippen LogP contribution < -0.4 is 15.9 Å². The van der Waals surface area contributed by atoms with Gasteiger partial charge >= 0.3 is 145 Å². The molecule has 0 radical (unpaired) electrons. The molecule has 3 aromatic carbocycles. The van der Waals surface area contributed by atoms with Crippen LogP contribution in [0, 0.1) is 0 Å². The summed E-state index contributed by atoms with van der Waals surface area (Å²) in [6.45, 7) is 0. The van der Waals surface area contributed by atoms with Crippen molar-refractivity contribution in [2.45, 2.75) is 0 Å². The van der Waals surface area contributed by atoms with Gasteiger partial charge in [-0.2, -0.15) is 0 Å². The summed E-state index contributed by atoms with van der Waals surface area (Å²) >= 11 is 4.18. The van der Waals surface area contributed by atoms with Crippen molar-refractivity contribution in [3.63, 3.8) is 0 Å². The Balaban J connectivity index is 2.43. The Morgan fingerprint density at radius 1 is 0.652 bits per heavy atom. The average Bonchev–Trinajstić information content (AvgIpc) is 2.64. The molecule has 0 fully saturated rings. The van der Waals surface area contributed by atoms with Gasteiger partial charge in [-0.3, -0.25) is 0 Å². The molecule has 0 amide bonds. The SMILES string of the molecule is O=CCP(Br)(c1ccccc1)(c1ccccc1)c1ccccc1.